The molecule has 106 valence electrons. The molecule has 3 N–H and O–H groups in total. The number of nitrogens with zero attached hydrogens (tertiary/aromatic N) is 1. The molecule has 0 fully saturated rings. The van der Waals surface area contributed by atoms with Gasteiger partial charge in [0.15, 0.2) is 0 Å². The van der Waals surface area contributed by atoms with E-state index in [0.29, 0.717) is 18.2 Å². The average molecular weight is 263 g/mol. The van der Waals surface area contributed by atoms with Gasteiger partial charge in [-0.3, -0.25) is 9.78 Å². The van der Waals surface area contributed by atoms with Crippen molar-refractivity contribution in [1.82, 2.24) is 10.3 Å². The van der Waals surface area contributed by atoms with Crippen LogP contribution in [0.15, 0.2) is 18.3 Å². The number of hydrogen-bond acceptors (Lipinski definition) is 3. The molecular formula is C15H25N3O. The van der Waals surface area contributed by atoms with E-state index in [9.17, 15) is 4.79 Å². The summed E-state index contributed by atoms with van der Waals surface area (Å²) in [6.07, 6.45) is 7.43. The van der Waals surface area contributed by atoms with Gasteiger partial charge in [0.25, 0.3) is 0 Å². The number of anilines is 1. The molecule has 0 saturated heterocycles. The van der Waals surface area contributed by atoms with Gasteiger partial charge in [-0.2, -0.15) is 0 Å². The van der Waals surface area contributed by atoms with Gasteiger partial charge in [0.05, 0.1) is 18.3 Å². The lowest BCUT2D eigenvalue weighted by molar-refractivity contribution is -0.121. The summed E-state index contributed by atoms with van der Waals surface area (Å²) in [7, 11) is 0. The summed E-state index contributed by atoms with van der Waals surface area (Å²) in [4.78, 5) is 16.1. The lowest BCUT2D eigenvalue weighted by Crippen LogP contribution is -2.35. The minimum absolute atomic E-state index is 0.0480. The van der Waals surface area contributed by atoms with E-state index >= 15 is 0 Å². The monoisotopic (exact) mass is 263 g/mol. The molecular weight excluding hydrogens is 238 g/mol. The largest absolute Gasteiger partial charge is 0.397 e. The number of rotatable bonds is 8. The van der Waals surface area contributed by atoms with Crippen LogP contribution < -0.4 is 11.1 Å². The van der Waals surface area contributed by atoms with Crippen LogP contribution in [0.3, 0.4) is 0 Å². The Hall–Kier alpha value is -1.58. The molecule has 4 nitrogen and oxygen atoms in total. The molecule has 0 aliphatic heterocycles. The zero-order valence-corrected chi connectivity index (χ0v) is 12.0. The Balaban J connectivity index is 2.45. The van der Waals surface area contributed by atoms with E-state index in [0.717, 1.165) is 37.8 Å². The predicted molar refractivity (Wildman–Crippen MR) is 78.7 cm³/mol. The van der Waals surface area contributed by atoms with Crippen LogP contribution in [-0.4, -0.2) is 16.9 Å². The Morgan fingerprint density at radius 1 is 1.32 bits per heavy atom. The van der Waals surface area contributed by atoms with Crippen molar-refractivity contribution in [1.29, 1.82) is 0 Å². The lowest BCUT2D eigenvalue weighted by Gasteiger charge is -2.17. The van der Waals surface area contributed by atoms with Crippen molar-refractivity contribution >= 4 is 11.6 Å². The maximum Gasteiger partial charge on any atom is 0.226 e. The molecule has 0 spiro atoms. The molecule has 0 radical (unpaired) electrons. The summed E-state index contributed by atoms with van der Waals surface area (Å²) >= 11 is 0. The summed E-state index contributed by atoms with van der Waals surface area (Å²) < 4.78 is 0. The number of pyridine rings is 1. The fraction of sp³-hybridized carbons (Fsp3) is 0.600. The van der Waals surface area contributed by atoms with Crippen LogP contribution in [0.5, 0.6) is 0 Å². The maximum absolute atomic E-state index is 12.0. The lowest BCUT2D eigenvalue weighted by atomic mass is 10.0. The highest BCUT2D eigenvalue weighted by Crippen LogP contribution is 2.08. The number of nitrogens with two attached hydrogens (primary N) is 1. The van der Waals surface area contributed by atoms with E-state index in [2.05, 4.69) is 24.1 Å². The van der Waals surface area contributed by atoms with Gasteiger partial charge in [0.1, 0.15) is 0 Å². The zero-order chi connectivity index (χ0) is 14.1. The van der Waals surface area contributed by atoms with Crippen LogP contribution in [0.1, 0.15) is 51.6 Å². The van der Waals surface area contributed by atoms with Crippen LogP contribution in [0.4, 0.5) is 5.69 Å². The summed E-state index contributed by atoms with van der Waals surface area (Å²) in [5.74, 6) is 0.0480. The van der Waals surface area contributed by atoms with Gasteiger partial charge >= 0.3 is 0 Å². The number of hydrogen-bond donors (Lipinski definition) is 2. The van der Waals surface area contributed by atoms with E-state index < -0.39 is 0 Å². The zero-order valence-electron chi connectivity index (χ0n) is 12.0. The maximum atomic E-state index is 12.0. The van der Waals surface area contributed by atoms with E-state index in [1.54, 1.807) is 18.3 Å². The van der Waals surface area contributed by atoms with Crippen molar-refractivity contribution in [2.45, 2.75) is 58.4 Å². The molecule has 0 bridgehead atoms. The Morgan fingerprint density at radius 2 is 2.11 bits per heavy atom. The minimum Gasteiger partial charge on any atom is -0.397 e. The molecule has 1 amide bonds. The predicted octanol–water partition coefficient (Wildman–Crippen LogP) is 2.68. The van der Waals surface area contributed by atoms with Crippen molar-refractivity contribution in [3.05, 3.63) is 24.0 Å². The molecule has 1 aromatic rings. The Labute approximate surface area is 115 Å². The fourth-order valence-electron chi connectivity index (χ4n) is 2.07. The van der Waals surface area contributed by atoms with Crippen molar-refractivity contribution in [2.24, 2.45) is 0 Å². The van der Waals surface area contributed by atoms with Gasteiger partial charge in [0.2, 0.25) is 5.91 Å². The van der Waals surface area contributed by atoms with Crippen molar-refractivity contribution in [2.75, 3.05) is 5.73 Å². The summed E-state index contributed by atoms with van der Waals surface area (Å²) in [5, 5.41) is 3.11. The molecule has 1 unspecified atom stereocenters. The highest BCUT2D eigenvalue weighted by atomic mass is 16.1. The van der Waals surface area contributed by atoms with Crippen LogP contribution in [0, 0.1) is 0 Å². The summed E-state index contributed by atoms with van der Waals surface area (Å²) in [5.41, 5.74) is 6.95. The highest BCUT2D eigenvalue weighted by Gasteiger charge is 2.11. The third kappa shape index (κ3) is 6.22. The van der Waals surface area contributed by atoms with E-state index in [1.165, 1.54) is 0 Å². The van der Waals surface area contributed by atoms with Gasteiger partial charge in [0, 0.05) is 11.7 Å². The van der Waals surface area contributed by atoms with Gasteiger partial charge in [-0.05, 0) is 25.0 Å². The van der Waals surface area contributed by atoms with Crippen molar-refractivity contribution in [3.8, 4) is 0 Å². The molecule has 19 heavy (non-hydrogen) atoms. The first-order valence-electron chi connectivity index (χ1n) is 7.15. The second-order valence-corrected chi connectivity index (χ2v) is 4.95. The number of carbonyl (C=O) groups excluding carboxylic acids is 1. The second kappa shape index (κ2) is 8.51. The quantitative estimate of drug-likeness (QED) is 0.757. The van der Waals surface area contributed by atoms with Gasteiger partial charge in [-0.1, -0.05) is 33.1 Å². The average Bonchev–Trinajstić information content (AvgIpc) is 2.39. The summed E-state index contributed by atoms with van der Waals surface area (Å²) in [6.45, 7) is 4.32. The highest BCUT2D eigenvalue weighted by molar-refractivity contribution is 5.78. The van der Waals surface area contributed by atoms with E-state index in [1.807, 2.05) is 0 Å². The van der Waals surface area contributed by atoms with Gasteiger partial charge in [-0.25, -0.2) is 0 Å². The topological polar surface area (TPSA) is 68.0 Å². The minimum atomic E-state index is 0.0480. The van der Waals surface area contributed by atoms with Gasteiger partial charge < -0.3 is 11.1 Å². The number of aromatic nitrogens is 1. The van der Waals surface area contributed by atoms with Crippen LogP contribution in [0.2, 0.25) is 0 Å². The number of nitrogens with one attached hydrogen (secondary N) is 1. The fourth-order valence-corrected chi connectivity index (χ4v) is 2.07. The SMILES string of the molecule is CCCCC(CCC)NC(=O)Cc1ccc(N)cn1. The first-order chi connectivity index (χ1) is 9.15. The number of nitrogen functional groups attached to an aromatic ring is 1. The van der Waals surface area contributed by atoms with Gasteiger partial charge in [-0.15, -0.1) is 0 Å². The number of amides is 1. The third-order valence-electron chi connectivity index (χ3n) is 3.10. The van der Waals surface area contributed by atoms with Crippen molar-refractivity contribution < 1.29 is 4.79 Å². The van der Waals surface area contributed by atoms with Crippen LogP contribution in [-0.2, 0) is 11.2 Å². The third-order valence-corrected chi connectivity index (χ3v) is 3.10. The smallest absolute Gasteiger partial charge is 0.226 e. The van der Waals surface area contributed by atoms with Crippen molar-refractivity contribution in [3.63, 3.8) is 0 Å². The van der Waals surface area contributed by atoms with E-state index in [-0.39, 0.29) is 5.91 Å². The molecule has 0 saturated carbocycles. The molecule has 1 heterocycles. The molecule has 4 heteroatoms. The Kier molecular flexibility index (Phi) is 6.93. The Bertz CT molecular complexity index is 375. The molecule has 1 atom stereocenters. The van der Waals surface area contributed by atoms with Crippen LogP contribution >= 0.6 is 0 Å². The summed E-state index contributed by atoms with van der Waals surface area (Å²) in [6, 6.07) is 3.87. The van der Waals surface area contributed by atoms with Crippen LogP contribution in [0.25, 0.3) is 0 Å². The molecule has 1 aromatic heterocycles. The molecule has 0 aromatic carbocycles. The molecule has 0 aliphatic carbocycles. The van der Waals surface area contributed by atoms with E-state index in [4.69, 9.17) is 5.73 Å². The molecule has 0 aliphatic rings. The first-order valence-corrected chi connectivity index (χ1v) is 7.15. The molecule has 1 rings (SSSR count). The standard InChI is InChI=1S/C15H25N3O/c1-3-5-7-13(6-4-2)18-15(19)10-14-9-8-12(16)11-17-14/h8-9,11,13H,3-7,10,16H2,1-2H3,(H,18,19). The normalized spacial score (nSPS) is 12.1. The first kappa shape index (κ1) is 15.5. The number of carbonyl (C=O) groups is 1. The Morgan fingerprint density at radius 3 is 2.68 bits per heavy atom. The second-order valence-electron chi connectivity index (χ2n) is 4.95. The number of unbranched alkanes of at least 4 members (excludes halogenated alkanes) is 1.